The molecule has 21 heavy (non-hydrogen) atoms. The van der Waals surface area contributed by atoms with Crippen molar-refractivity contribution in [3.8, 4) is 0 Å². The van der Waals surface area contributed by atoms with E-state index in [1.54, 1.807) is 6.20 Å². The van der Waals surface area contributed by atoms with E-state index in [1.807, 2.05) is 49.3 Å². The van der Waals surface area contributed by atoms with Gasteiger partial charge in [-0.3, -0.25) is 4.79 Å². The molecule has 1 aliphatic heterocycles. The van der Waals surface area contributed by atoms with Crippen molar-refractivity contribution in [2.24, 2.45) is 10.4 Å². The fourth-order valence-electron chi connectivity index (χ4n) is 3.07. The number of ketones is 1. The largest absolute Gasteiger partial charge is 0.437 e. The number of carbonyl (C=O) groups is 1. The zero-order valence-corrected chi connectivity index (χ0v) is 12.5. The van der Waals surface area contributed by atoms with E-state index in [4.69, 9.17) is 4.74 Å². The molecule has 110 valence electrons. The highest BCUT2D eigenvalue weighted by atomic mass is 16.5. The van der Waals surface area contributed by atoms with Gasteiger partial charge in [0.05, 0.1) is 5.69 Å². The molecule has 1 saturated heterocycles. The Kier molecular flexibility index (Phi) is 3.53. The molecule has 1 aromatic carbocycles. The van der Waals surface area contributed by atoms with Gasteiger partial charge in [0.1, 0.15) is 5.41 Å². The summed E-state index contributed by atoms with van der Waals surface area (Å²) in [6.45, 7) is 0. The number of hydrogen-bond donors (Lipinski definition) is 0. The first-order valence-electron chi connectivity index (χ1n) is 7.37. The maximum atomic E-state index is 12.8. The van der Waals surface area contributed by atoms with Crippen LogP contribution in [0.3, 0.4) is 0 Å². The second kappa shape index (κ2) is 5.35. The number of para-hydroxylation sites is 1. The summed E-state index contributed by atoms with van der Waals surface area (Å²) >= 11 is 0. The normalized spacial score (nSPS) is 24.0. The van der Waals surface area contributed by atoms with Gasteiger partial charge in [-0.05, 0) is 25.0 Å². The van der Waals surface area contributed by atoms with Gasteiger partial charge in [0, 0.05) is 20.3 Å². The van der Waals surface area contributed by atoms with E-state index >= 15 is 0 Å². The molecule has 2 aliphatic rings. The molecule has 3 rings (SSSR count). The number of ether oxygens (including phenoxy) is 1. The summed E-state index contributed by atoms with van der Waals surface area (Å²) in [7, 11) is 3.77. The molecule has 0 radical (unpaired) electrons. The average molecular weight is 284 g/mol. The molecule has 0 amide bonds. The molecule has 0 N–H and O–H groups in total. The number of allylic oxidation sites excluding steroid dienone is 1. The minimum atomic E-state index is -0.530. The van der Waals surface area contributed by atoms with Crippen LogP contribution in [0.5, 0.6) is 0 Å². The Morgan fingerprint density at radius 2 is 1.86 bits per heavy atom. The fraction of sp³-hybridized carbons (Fsp3) is 0.412. The van der Waals surface area contributed by atoms with Crippen LogP contribution in [0.1, 0.15) is 25.7 Å². The van der Waals surface area contributed by atoms with Crippen molar-refractivity contribution in [2.45, 2.75) is 25.7 Å². The van der Waals surface area contributed by atoms with Crippen LogP contribution in [-0.4, -0.2) is 30.7 Å². The van der Waals surface area contributed by atoms with Crippen LogP contribution in [0.2, 0.25) is 0 Å². The summed E-state index contributed by atoms with van der Waals surface area (Å²) in [4.78, 5) is 19.2. The lowest BCUT2D eigenvalue weighted by Crippen LogP contribution is -2.30. The van der Waals surface area contributed by atoms with Crippen molar-refractivity contribution in [3.63, 3.8) is 0 Å². The molecule has 2 fully saturated rings. The molecule has 0 atom stereocenters. The molecule has 1 aliphatic carbocycles. The Balaban J connectivity index is 2.02. The van der Waals surface area contributed by atoms with E-state index in [0.29, 0.717) is 11.7 Å². The maximum absolute atomic E-state index is 12.8. The van der Waals surface area contributed by atoms with E-state index < -0.39 is 5.41 Å². The first-order valence-corrected chi connectivity index (χ1v) is 7.37. The fourth-order valence-corrected chi connectivity index (χ4v) is 3.07. The number of Topliss-reactive ketones (excluding diaryl/α,β-unsaturated/α-hetero) is 1. The quantitative estimate of drug-likeness (QED) is 0.783. The first kappa shape index (κ1) is 13.9. The van der Waals surface area contributed by atoms with Gasteiger partial charge < -0.3 is 9.64 Å². The summed E-state index contributed by atoms with van der Waals surface area (Å²) in [5.74, 6) is 1.07. The molecule has 4 heteroatoms. The van der Waals surface area contributed by atoms with E-state index in [0.717, 1.165) is 31.4 Å². The highest BCUT2D eigenvalue weighted by Crippen LogP contribution is 2.47. The van der Waals surface area contributed by atoms with Crippen LogP contribution in [0.25, 0.3) is 0 Å². The molecular formula is C17H20N2O2. The second-order valence-electron chi connectivity index (χ2n) is 5.93. The van der Waals surface area contributed by atoms with Crippen molar-refractivity contribution in [2.75, 3.05) is 14.1 Å². The number of benzene rings is 1. The number of aliphatic imine (C=N–C) groups is 1. The monoisotopic (exact) mass is 284 g/mol. The molecule has 1 saturated carbocycles. The van der Waals surface area contributed by atoms with Crippen LogP contribution >= 0.6 is 0 Å². The van der Waals surface area contributed by atoms with Gasteiger partial charge in [-0.15, -0.1) is 0 Å². The zero-order chi connectivity index (χ0) is 14.9. The SMILES string of the molecule is CN(C)/C=C1/OC(=Nc2ccccc2)C2(CCCC2)C1=O. The summed E-state index contributed by atoms with van der Waals surface area (Å²) in [6.07, 6.45) is 5.52. The maximum Gasteiger partial charge on any atom is 0.214 e. The Bertz CT molecular complexity index is 596. The number of nitrogens with zero attached hydrogens (tertiary/aromatic N) is 2. The molecule has 1 heterocycles. The van der Waals surface area contributed by atoms with Crippen LogP contribution in [0.4, 0.5) is 5.69 Å². The number of carbonyl (C=O) groups excluding carboxylic acids is 1. The van der Waals surface area contributed by atoms with Crippen LogP contribution in [0, 0.1) is 5.41 Å². The Hall–Kier alpha value is -2.10. The third-order valence-corrected chi connectivity index (χ3v) is 4.09. The number of rotatable bonds is 2. The summed E-state index contributed by atoms with van der Waals surface area (Å²) < 4.78 is 5.85. The van der Waals surface area contributed by atoms with Crippen molar-refractivity contribution < 1.29 is 9.53 Å². The molecule has 4 nitrogen and oxygen atoms in total. The van der Waals surface area contributed by atoms with Gasteiger partial charge >= 0.3 is 0 Å². The van der Waals surface area contributed by atoms with Crippen molar-refractivity contribution in [1.82, 2.24) is 4.90 Å². The van der Waals surface area contributed by atoms with Crippen LogP contribution in [-0.2, 0) is 9.53 Å². The highest BCUT2D eigenvalue weighted by molar-refractivity contribution is 6.19. The Morgan fingerprint density at radius 3 is 2.48 bits per heavy atom. The van der Waals surface area contributed by atoms with Gasteiger partial charge in [0.15, 0.2) is 5.76 Å². The van der Waals surface area contributed by atoms with Gasteiger partial charge in [-0.1, -0.05) is 31.0 Å². The van der Waals surface area contributed by atoms with E-state index in [9.17, 15) is 4.79 Å². The minimum Gasteiger partial charge on any atom is -0.437 e. The molecule has 0 aromatic heterocycles. The predicted octanol–water partition coefficient (Wildman–Crippen LogP) is 3.28. The van der Waals surface area contributed by atoms with Gasteiger partial charge in [-0.25, -0.2) is 4.99 Å². The van der Waals surface area contributed by atoms with Gasteiger partial charge in [0.2, 0.25) is 11.7 Å². The average Bonchev–Trinajstić information content (AvgIpc) is 3.04. The lowest BCUT2D eigenvalue weighted by molar-refractivity contribution is -0.121. The topological polar surface area (TPSA) is 41.9 Å². The third kappa shape index (κ3) is 2.46. The third-order valence-electron chi connectivity index (χ3n) is 4.09. The number of hydrogen-bond acceptors (Lipinski definition) is 4. The van der Waals surface area contributed by atoms with Crippen LogP contribution < -0.4 is 0 Å². The zero-order valence-electron chi connectivity index (χ0n) is 12.5. The van der Waals surface area contributed by atoms with E-state index in [2.05, 4.69) is 4.99 Å². The molecule has 0 bridgehead atoms. The van der Waals surface area contributed by atoms with Crippen molar-refractivity contribution in [3.05, 3.63) is 42.3 Å². The van der Waals surface area contributed by atoms with E-state index in [-0.39, 0.29) is 5.78 Å². The summed E-state index contributed by atoms with van der Waals surface area (Å²) in [5, 5.41) is 0. The summed E-state index contributed by atoms with van der Waals surface area (Å²) in [6, 6.07) is 9.68. The Labute approximate surface area is 125 Å². The molecule has 1 aromatic rings. The molecule has 0 unspecified atom stereocenters. The highest BCUT2D eigenvalue weighted by Gasteiger charge is 2.54. The second-order valence-corrected chi connectivity index (χ2v) is 5.93. The van der Waals surface area contributed by atoms with Crippen molar-refractivity contribution >= 4 is 17.4 Å². The lowest BCUT2D eigenvalue weighted by Gasteiger charge is -2.17. The lowest BCUT2D eigenvalue weighted by atomic mass is 9.82. The summed E-state index contributed by atoms with van der Waals surface area (Å²) in [5.41, 5.74) is 0.301. The standard InChI is InChI=1S/C17H20N2O2/c1-19(2)12-14-15(20)17(10-6-7-11-17)16(21-14)18-13-8-4-3-5-9-13/h3-5,8-9,12H,6-7,10-11H2,1-2H3/b14-12+,18-16?. The smallest absolute Gasteiger partial charge is 0.214 e. The minimum absolute atomic E-state index is 0.0865. The first-order chi connectivity index (χ1) is 10.1. The van der Waals surface area contributed by atoms with Crippen LogP contribution in [0.15, 0.2) is 47.3 Å². The molecular weight excluding hydrogens is 264 g/mol. The van der Waals surface area contributed by atoms with Crippen molar-refractivity contribution in [1.29, 1.82) is 0 Å². The van der Waals surface area contributed by atoms with Gasteiger partial charge in [-0.2, -0.15) is 0 Å². The molecule has 1 spiro atoms. The van der Waals surface area contributed by atoms with E-state index in [1.165, 1.54) is 0 Å². The Morgan fingerprint density at radius 1 is 1.19 bits per heavy atom. The predicted molar refractivity (Wildman–Crippen MR) is 82.3 cm³/mol. The van der Waals surface area contributed by atoms with Gasteiger partial charge in [0.25, 0.3) is 0 Å².